The van der Waals surface area contributed by atoms with Crippen LogP contribution in [0.15, 0.2) is 36.5 Å². The SMILES string of the molecule is CCCCC/C=C\C/C=C\CCCCCCCCCCCCCCCCCCC(O)C(=O)NC(COC1OC(CO)C(O)C(O)C1OC(=O)CCCCCCCCCCCCCCCCCCCCC)C(O)/C=C/CCCCCCCCCCCC. The average molecular weight is 1220 g/mol. The fourth-order valence-corrected chi connectivity index (χ4v) is 11.9. The number of aliphatic hydroxyl groups excluding tert-OH is 5. The van der Waals surface area contributed by atoms with Crippen LogP contribution in [-0.4, -0.2) is 99.6 Å². The van der Waals surface area contributed by atoms with Crippen LogP contribution in [0, 0.1) is 0 Å². The highest BCUT2D eigenvalue weighted by Gasteiger charge is 2.47. The van der Waals surface area contributed by atoms with Gasteiger partial charge in [0.25, 0.3) is 0 Å². The van der Waals surface area contributed by atoms with Crippen LogP contribution < -0.4 is 5.32 Å². The highest BCUT2D eigenvalue weighted by molar-refractivity contribution is 5.80. The number of hydrogen-bond donors (Lipinski definition) is 6. The minimum Gasteiger partial charge on any atom is -0.454 e. The van der Waals surface area contributed by atoms with Gasteiger partial charge in [0.2, 0.25) is 5.91 Å². The van der Waals surface area contributed by atoms with Crippen molar-refractivity contribution in [1.82, 2.24) is 5.32 Å². The number of allylic oxidation sites excluding steroid dienone is 5. The summed E-state index contributed by atoms with van der Waals surface area (Å²) >= 11 is 0. The summed E-state index contributed by atoms with van der Waals surface area (Å²) in [6.45, 7) is 5.83. The van der Waals surface area contributed by atoms with E-state index in [4.69, 9.17) is 14.2 Å². The van der Waals surface area contributed by atoms with Crippen LogP contribution in [0.1, 0.15) is 367 Å². The summed E-state index contributed by atoms with van der Waals surface area (Å²) in [5, 5.41) is 57.3. The maximum Gasteiger partial charge on any atom is 0.306 e. The number of unbranched alkanes of at least 4 members (excludes halogenated alkanes) is 47. The third-order valence-corrected chi connectivity index (χ3v) is 17.8. The van der Waals surface area contributed by atoms with Gasteiger partial charge in [-0.1, -0.05) is 340 Å². The number of rotatable bonds is 65. The van der Waals surface area contributed by atoms with Gasteiger partial charge in [-0.3, -0.25) is 9.59 Å². The molecule has 1 rings (SSSR count). The molecule has 1 aliphatic heterocycles. The molecule has 8 unspecified atom stereocenters. The second kappa shape index (κ2) is 63.0. The van der Waals surface area contributed by atoms with Gasteiger partial charge in [0.05, 0.1) is 25.4 Å². The van der Waals surface area contributed by atoms with Gasteiger partial charge in [0.1, 0.15) is 24.4 Å². The molecule has 8 atom stereocenters. The molecule has 6 N–H and O–H groups in total. The Bertz CT molecular complexity index is 1540. The summed E-state index contributed by atoms with van der Waals surface area (Å²) in [5.41, 5.74) is 0. The van der Waals surface area contributed by atoms with Crippen LogP contribution >= 0.6 is 0 Å². The fraction of sp³-hybridized carbons (Fsp3) is 0.893. The van der Waals surface area contributed by atoms with Crippen LogP contribution in [-0.2, 0) is 23.8 Å². The summed E-state index contributed by atoms with van der Waals surface area (Å²) in [4.78, 5) is 26.7. The Hall–Kier alpha value is -2.12. The van der Waals surface area contributed by atoms with Gasteiger partial charge in [0, 0.05) is 6.42 Å². The van der Waals surface area contributed by atoms with E-state index in [1.807, 2.05) is 6.08 Å². The van der Waals surface area contributed by atoms with Gasteiger partial charge >= 0.3 is 5.97 Å². The van der Waals surface area contributed by atoms with Gasteiger partial charge in [-0.05, 0) is 57.8 Å². The quantitative estimate of drug-likeness (QED) is 0.0195. The number of carbonyl (C=O) groups is 2. The minimum absolute atomic E-state index is 0.130. The largest absolute Gasteiger partial charge is 0.454 e. The Labute approximate surface area is 530 Å². The highest BCUT2D eigenvalue weighted by atomic mass is 16.7. The number of aliphatic hydroxyl groups is 5. The lowest BCUT2D eigenvalue weighted by Gasteiger charge is -2.41. The van der Waals surface area contributed by atoms with E-state index in [1.54, 1.807) is 6.08 Å². The molecule has 0 aromatic heterocycles. The molecule has 0 radical (unpaired) electrons. The summed E-state index contributed by atoms with van der Waals surface area (Å²) < 4.78 is 17.7. The van der Waals surface area contributed by atoms with Crippen molar-refractivity contribution in [2.24, 2.45) is 0 Å². The molecule has 1 aliphatic rings. The van der Waals surface area contributed by atoms with Crippen LogP contribution in [0.2, 0.25) is 0 Å². The molecule has 11 nitrogen and oxygen atoms in total. The second-order valence-corrected chi connectivity index (χ2v) is 26.0. The lowest BCUT2D eigenvalue weighted by atomic mass is 9.99. The first kappa shape index (κ1) is 81.9. The first-order valence-electron chi connectivity index (χ1n) is 37.3. The van der Waals surface area contributed by atoms with E-state index in [2.05, 4.69) is 50.4 Å². The first-order valence-corrected chi connectivity index (χ1v) is 37.3. The van der Waals surface area contributed by atoms with E-state index in [0.717, 1.165) is 64.2 Å². The van der Waals surface area contributed by atoms with Crippen LogP contribution in [0.3, 0.4) is 0 Å². The molecule has 0 saturated carbocycles. The van der Waals surface area contributed by atoms with Crippen molar-refractivity contribution in [1.29, 1.82) is 0 Å². The normalized spacial score (nSPS) is 18.4. The zero-order chi connectivity index (χ0) is 62.4. The predicted octanol–water partition coefficient (Wildman–Crippen LogP) is 19.4. The number of hydrogen-bond acceptors (Lipinski definition) is 10. The highest BCUT2D eigenvalue weighted by Crippen LogP contribution is 2.27. The molecule has 86 heavy (non-hydrogen) atoms. The maximum atomic E-state index is 13.5. The topological polar surface area (TPSA) is 175 Å². The van der Waals surface area contributed by atoms with Gasteiger partial charge < -0.3 is 45.1 Å². The Morgan fingerprint density at radius 1 is 0.453 bits per heavy atom. The molecular formula is C75H141NO10. The Kier molecular flexibility index (Phi) is 60.0. The molecule has 0 aromatic carbocycles. The van der Waals surface area contributed by atoms with Crippen molar-refractivity contribution < 1.29 is 49.3 Å². The van der Waals surface area contributed by atoms with Crippen molar-refractivity contribution in [2.45, 2.75) is 416 Å². The Morgan fingerprint density at radius 3 is 1.21 bits per heavy atom. The Morgan fingerprint density at radius 2 is 0.802 bits per heavy atom. The van der Waals surface area contributed by atoms with Crippen molar-refractivity contribution in [3.63, 3.8) is 0 Å². The zero-order valence-corrected chi connectivity index (χ0v) is 56.5. The van der Waals surface area contributed by atoms with Crippen LogP contribution in [0.4, 0.5) is 0 Å². The molecular weight excluding hydrogens is 1070 g/mol. The van der Waals surface area contributed by atoms with E-state index >= 15 is 0 Å². The first-order chi connectivity index (χ1) is 42.2. The van der Waals surface area contributed by atoms with E-state index < -0.39 is 67.4 Å². The Balaban J connectivity index is 2.52. The zero-order valence-electron chi connectivity index (χ0n) is 56.5. The molecule has 0 aliphatic carbocycles. The third-order valence-electron chi connectivity index (χ3n) is 17.8. The smallest absolute Gasteiger partial charge is 0.306 e. The standard InChI is InChI=1S/C75H141NO10/c1-4-7-10-13-16-19-22-25-27-29-31-32-33-34-35-36-37-39-40-42-44-47-50-53-56-59-62-68(79)74(83)76-66(67(78)61-58-55-52-49-46-24-21-18-15-12-9-6-3)65-84-75-73(72(82)71(81)69(64-77)85-75)86-70(80)63-60-57-54-51-48-45-43-41-38-30-28-26-23-20-17-14-11-8-5-2/h16,19,25,27,58,61,66-69,71-73,75,77-79,81-82H,4-15,17-18,20-24,26,28-57,59-60,62-65H2,1-3H3,(H,76,83)/b19-16-,27-25-,61-58+. The monoisotopic (exact) mass is 1220 g/mol. The molecule has 1 fully saturated rings. The molecule has 506 valence electrons. The molecule has 11 heteroatoms. The van der Waals surface area contributed by atoms with Gasteiger partial charge in [0.15, 0.2) is 12.4 Å². The van der Waals surface area contributed by atoms with Gasteiger partial charge in [-0.15, -0.1) is 0 Å². The van der Waals surface area contributed by atoms with Crippen molar-refractivity contribution in [2.75, 3.05) is 13.2 Å². The third kappa shape index (κ3) is 49.6. The number of nitrogens with one attached hydrogen (secondary N) is 1. The summed E-state index contributed by atoms with van der Waals surface area (Å²) in [6, 6.07) is -1.02. The van der Waals surface area contributed by atoms with Crippen molar-refractivity contribution in [3.8, 4) is 0 Å². The molecule has 0 spiro atoms. The van der Waals surface area contributed by atoms with E-state index in [0.29, 0.717) is 19.3 Å². The van der Waals surface area contributed by atoms with E-state index in [1.165, 1.54) is 257 Å². The van der Waals surface area contributed by atoms with Crippen LogP contribution in [0.25, 0.3) is 0 Å². The summed E-state index contributed by atoms with van der Waals surface area (Å²) in [7, 11) is 0. The fourth-order valence-electron chi connectivity index (χ4n) is 11.9. The van der Waals surface area contributed by atoms with E-state index in [-0.39, 0.29) is 13.0 Å². The number of carbonyl (C=O) groups excluding carboxylic acids is 2. The van der Waals surface area contributed by atoms with Crippen molar-refractivity contribution in [3.05, 3.63) is 36.5 Å². The maximum absolute atomic E-state index is 13.5. The lowest BCUT2D eigenvalue weighted by molar-refractivity contribution is -0.305. The number of esters is 1. The molecule has 1 heterocycles. The number of ether oxygens (including phenoxy) is 3. The van der Waals surface area contributed by atoms with Crippen molar-refractivity contribution >= 4 is 11.9 Å². The average Bonchev–Trinajstić information content (AvgIpc) is 3.68. The summed E-state index contributed by atoms with van der Waals surface area (Å²) in [5.74, 6) is -1.17. The molecule has 1 saturated heterocycles. The summed E-state index contributed by atoms with van der Waals surface area (Å²) in [6.07, 6.45) is 67.6. The predicted molar refractivity (Wildman–Crippen MR) is 361 cm³/mol. The number of amides is 1. The molecule has 0 aromatic rings. The molecule has 0 bridgehead atoms. The minimum atomic E-state index is -1.61. The van der Waals surface area contributed by atoms with Gasteiger partial charge in [-0.2, -0.15) is 0 Å². The van der Waals surface area contributed by atoms with Gasteiger partial charge in [-0.25, -0.2) is 0 Å². The molecule has 1 amide bonds. The van der Waals surface area contributed by atoms with E-state index in [9.17, 15) is 35.1 Å². The lowest BCUT2D eigenvalue weighted by Crippen LogP contribution is -2.61. The van der Waals surface area contributed by atoms with Crippen LogP contribution in [0.5, 0.6) is 0 Å². The second-order valence-electron chi connectivity index (χ2n) is 26.0.